The van der Waals surface area contributed by atoms with Crippen LogP contribution < -0.4 is 10.1 Å². The molecule has 1 unspecified atom stereocenters. The monoisotopic (exact) mass is 452 g/mol. The minimum Gasteiger partial charge on any atom is -0.426 e. The maximum absolute atomic E-state index is 11.8. The third-order valence-electron chi connectivity index (χ3n) is 4.30. The highest BCUT2D eigenvalue weighted by atomic mass is 16.7. The molecule has 2 rings (SSSR count). The molecule has 10 nitrogen and oxygen atoms in total. The number of rotatable bonds is 6. The van der Waals surface area contributed by atoms with Crippen LogP contribution in [0.5, 0.6) is 5.75 Å². The van der Waals surface area contributed by atoms with Crippen molar-refractivity contribution in [2.75, 3.05) is 27.8 Å². The predicted molar refractivity (Wildman–Crippen MR) is 119 cm³/mol. The van der Waals surface area contributed by atoms with Gasteiger partial charge in [-0.1, -0.05) is 13.0 Å². The number of likely N-dealkylation sites (N-methyl/N-ethyl adjacent to an activating group) is 1. The number of benzene rings is 1. The zero-order valence-electron chi connectivity index (χ0n) is 18.9. The van der Waals surface area contributed by atoms with E-state index >= 15 is 0 Å². The van der Waals surface area contributed by atoms with E-state index in [1.54, 1.807) is 27.3 Å². The molecule has 0 aromatic heterocycles. The fourth-order valence-corrected chi connectivity index (χ4v) is 2.53. The van der Waals surface area contributed by atoms with Crippen LogP contribution in [0.25, 0.3) is 0 Å². The van der Waals surface area contributed by atoms with Gasteiger partial charge in [0.1, 0.15) is 24.4 Å². The molecule has 32 heavy (non-hydrogen) atoms. The lowest BCUT2D eigenvalue weighted by Gasteiger charge is -2.26. The largest absolute Gasteiger partial charge is 0.514 e. The number of allylic oxidation sites excluding steroid dienone is 1. The predicted octanol–water partition coefficient (Wildman–Crippen LogP) is 3.48. The van der Waals surface area contributed by atoms with Crippen molar-refractivity contribution in [1.82, 2.24) is 5.32 Å². The van der Waals surface area contributed by atoms with Gasteiger partial charge >= 0.3 is 6.16 Å². The first-order chi connectivity index (χ1) is 15.2. The molecule has 178 valence electrons. The van der Waals surface area contributed by atoms with Crippen molar-refractivity contribution in [3.05, 3.63) is 46.5 Å². The van der Waals surface area contributed by atoms with Gasteiger partial charge in [-0.3, -0.25) is 10.1 Å². The first kappa shape index (κ1) is 28.9. The summed E-state index contributed by atoms with van der Waals surface area (Å²) in [7, 11) is 4.98. The smallest absolute Gasteiger partial charge is 0.426 e. The highest BCUT2D eigenvalue weighted by Crippen LogP contribution is 2.30. The molecule has 0 radical (unpaired) electrons. The van der Waals surface area contributed by atoms with Gasteiger partial charge in [0.05, 0.1) is 11.5 Å². The fourth-order valence-electron chi connectivity index (χ4n) is 2.53. The first-order valence-corrected chi connectivity index (χ1v) is 9.99. The molecule has 1 aromatic rings. The van der Waals surface area contributed by atoms with Crippen molar-refractivity contribution in [3.8, 4) is 5.75 Å². The molecule has 10 heteroatoms. The molecule has 0 bridgehead atoms. The molecule has 1 aliphatic carbocycles. The molecule has 0 saturated carbocycles. The third kappa shape index (κ3) is 12.6. The van der Waals surface area contributed by atoms with Gasteiger partial charge in [-0.2, -0.15) is 0 Å². The van der Waals surface area contributed by atoms with Crippen LogP contribution in [-0.2, 0) is 19.1 Å². The summed E-state index contributed by atoms with van der Waals surface area (Å²) in [5, 5.41) is 13.2. The van der Waals surface area contributed by atoms with Crippen molar-refractivity contribution in [2.45, 2.75) is 38.7 Å². The van der Waals surface area contributed by atoms with Gasteiger partial charge in [-0.25, -0.2) is 4.79 Å². The molecule has 1 aromatic carbocycles. The molecule has 1 N–H and O–H groups in total. The summed E-state index contributed by atoms with van der Waals surface area (Å²) < 4.78 is 14.5. The van der Waals surface area contributed by atoms with E-state index in [-0.39, 0.29) is 11.4 Å². The molecular weight excluding hydrogens is 420 g/mol. The number of ether oxygens (including phenoxy) is 3. The summed E-state index contributed by atoms with van der Waals surface area (Å²) in [5.41, 5.74) is -0.499. The number of carbonyl (C=O) groups is 3. The zero-order valence-corrected chi connectivity index (χ0v) is 18.9. The minimum absolute atomic E-state index is 0.0909. The van der Waals surface area contributed by atoms with Crippen molar-refractivity contribution in [2.24, 2.45) is 5.41 Å². The van der Waals surface area contributed by atoms with Crippen molar-refractivity contribution in [3.63, 3.8) is 0 Å². The van der Waals surface area contributed by atoms with Gasteiger partial charge in [-0.15, -0.1) is 0 Å². The number of hydrogen-bond acceptors (Lipinski definition) is 9. The number of nitrogens with zero attached hydrogens (tertiary/aromatic N) is 1. The highest BCUT2D eigenvalue weighted by molar-refractivity contribution is 5.64. The molecule has 0 aliphatic heterocycles. The first-order valence-electron chi connectivity index (χ1n) is 9.99. The molecule has 0 heterocycles. The second-order valence-corrected chi connectivity index (χ2v) is 7.17. The standard InChI is InChI=1S/C17H19NO6.C3H7NO.C2H6O/c1-17(12-19)10-3-2-4-14(9-11-17)23-16(20)24-15-7-5-13(6-8-15)18(21)22;1-4-2-3-5;1-3-2/h2,4-8,12,14H,3,9-11H2,1H3;3-4H,2H2,1H3;1-2H3/b4-2+;;/t14?,17-;;/m1../s1. The molecule has 0 saturated heterocycles. The molecule has 0 amide bonds. The summed E-state index contributed by atoms with van der Waals surface area (Å²) in [6, 6.07) is 5.15. The number of hydrogen-bond donors (Lipinski definition) is 1. The van der Waals surface area contributed by atoms with Gasteiger partial charge in [0.25, 0.3) is 5.69 Å². The van der Waals surface area contributed by atoms with Gasteiger partial charge in [0.2, 0.25) is 0 Å². The lowest BCUT2D eigenvalue weighted by atomic mass is 9.80. The van der Waals surface area contributed by atoms with E-state index in [1.807, 2.05) is 13.0 Å². The van der Waals surface area contributed by atoms with E-state index in [0.717, 1.165) is 25.4 Å². The molecule has 2 atom stereocenters. The van der Waals surface area contributed by atoms with Crippen LogP contribution >= 0.6 is 0 Å². The lowest BCUT2D eigenvalue weighted by Crippen LogP contribution is -2.25. The molecule has 1 aliphatic rings. The van der Waals surface area contributed by atoms with Crippen LogP contribution in [-0.4, -0.2) is 57.6 Å². The average molecular weight is 453 g/mol. The molecule has 0 spiro atoms. The Kier molecular flexibility index (Phi) is 15.0. The van der Waals surface area contributed by atoms with Gasteiger partial charge in [-0.05, 0) is 50.9 Å². The molecule has 0 fully saturated rings. The Bertz CT molecular complexity index is 736. The Morgan fingerprint density at radius 3 is 2.34 bits per heavy atom. The lowest BCUT2D eigenvalue weighted by molar-refractivity contribution is -0.384. The van der Waals surface area contributed by atoms with Crippen LogP contribution in [0.3, 0.4) is 0 Å². The Morgan fingerprint density at radius 2 is 1.88 bits per heavy atom. The summed E-state index contributed by atoms with van der Waals surface area (Å²) in [4.78, 5) is 42.4. The van der Waals surface area contributed by atoms with Crippen molar-refractivity contribution >= 4 is 24.4 Å². The quantitative estimate of drug-likeness (QED) is 0.172. The number of aldehydes is 2. The van der Waals surface area contributed by atoms with Gasteiger partial charge in [0.15, 0.2) is 0 Å². The maximum atomic E-state index is 11.8. The van der Waals surface area contributed by atoms with Gasteiger partial charge in [0, 0.05) is 31.8 Å². The van der Waals surface area contributed by atoms with Crippen LogP contribution in [0.1, 0.15) is 32.6 Å². The topological polar surface area (TPSA) is 134 Å². The maximum Gasteiger partial charge on any atom is 0.514 e. The molecular formula is C22H32N2O8. The van der Waals surface area contributed by atoms with Crippen LogP contribution in [0.2, 0.25) is 0 Å². The van der Waals surface area contributed by atoms with Crippen LogP contribution in [0.4, 0.5) is 10.5 Å². The van der Waals surface area contributed by atoms with E-state index in [9.17, 15) is 24.5 Å². The van der Waals surface area contributed by atoms with Crippen LogP contribution in [0, 0.1) is 15.5 Å². The third-order valence-corrected chi connectivity index (χ3v) is 4.30. The number of methoxy groups -OCH3 is 1. The Morgan fingerprint density at radius 1 is 1.25 bits per heavy atom. The van der Waals surface area contributed by atoms with E-state index < -0.39 is 22.6 Å². The van der Waals surface area contributed by atoms with Crippen molar-refractivity contribution < 1.29 is 33.5 Å². The van der Waals surface area contributed by atoms with E-state index in [0.29, 0.717) is 19.4 Å². The summed E-state index contributed by atoms with van der Waals surface area (Å²) in [6.45, 7) is 2.35. The normalized spacial score (nSPS) is 20.4. The van der Waals surface area contributed by atoms with Crippen molar-refractivity contribution in [1.29, 1.82) is 0 Å². The fraction of sp³-hybridized carbons (Fsp3) is 0.500. The Hall–Kier alpha value is -3.11. The second-order valence-electron chi connectivity index (χ2n) is 7.17. The Balaban J connectivity index is 0.00000104. The second kappa shape index (κ2) is 16.6. The number of nitrogens with one attached hydrogen (secondary N) is 1. The number of carbonyl (C=O) groups excluding carboxylic acids is 3. The minimum atomic E-state index is -0.883. The van der Waals surface area contributed by atoms with Crippen LogP contribution in [0.15, 0.2) is 36.4 Å². The number of nitro groups is 1. The highest BCUT2D eigenvalue weighted by Gasteiger charge is 2.26. The van der Waals surface area contributed by atoms with E-state index in [4.69, 9.17) is 9.47 Å². The SMILES string of the molecule is CNCC=O.COC.C[C@@]1(C=O)CC/C=C/C(OC(=O)Oc2ccc([N+](=O)[O-])cc2)CC1. The average Bonchev–Trinajstić information content (AvgIpc) is 2.75. The van der Waals surface area contributed by atoms with E-state index in [1.165, 1.54) is 24.3 Å². The Labute approximate surface area is 188 Å². The number of non-ortho nitro benzene ring substituents is 1. The summed E-state index contributed by atoms with van der Waals surface area (Å²) in [6.07, 6.45) is 6.78. The van der Waals surface area contributed by atoms with E-state index in [2.05, 4.69) is 10.1 Å². The van der Waals surface area contributed by atoms with Gasteiger partial charge < -0.3 is 29.1 Å². The number of nitro benzene ring substituents is 1. The summed E-state index contributed by atoms with van der Waals surface area (Å²) >= 11 is 0. The zero-order chi connectivity index (χ0) is 24.4. The summed E-state index contributed by atoms with van der Waals surface area (Å²) in [5.74, 6) is 0.165.